The van der Waals surface area contributed by atoms with Gasteiger partial charge in [-0.1, -0.05) is 11.3 Å². The molecule has 0 spiro atoms. The second-order valence-corrected chi connectivity index (χ2v) is 6.52. The molecule has 0 atom stereocenters. The van der Waals surface area contributed by atoms with Gasteiger partial charge in [0.1, 0.15) is 10.7 Å². The average Bonchev–Trinajstić information content (AvgIpc) is 2.79. The molecule has 0 saturated heterocycles. The number of rotatable bonds is 8. The Kier molecular flexibility index (Phi) is 5.81. The number of anilines is 2. The van der Waals surface area contributed by atoms with Gasteiger partial charge >= 0.3 is 0 Å². The Morgan fingerprint density at radius 1 is 1.48 bits per heavy atom. The third-order valence-corrected chi connectivity index (χ3v) is 4.77. The molecular formula is C14H24N4O2S. The fraction of sp³-hybridized carbons (Fsp3) is 0.714. The predicted octanol–water partition coefficient (Wildman–Crippen LogP) is 1.92. The van der Waals surface area contributed by atoms with Crippen molar-refractivity contribution in [2.75, 3.05) is 31.2 Å². The second kappa shape index (κ2) is 7.61. The first-order valence-corrected chi connectivity index (χ1v) is 8.32. The Balaban J connectivity index is 1.88. The van der Waals surface area contributed by atoms with E-state index in [0.717, 1.165) is 37.2 Å². The number of thiazole rings is 1. The number of unbranched alkanes of at least 4 members (excludes halogenated alkanes) is 2. The SMILES string of the molecule is CN(CCCCCO)C(=O)c1sc(NC2CCC2)nc1N. The number of aliphatic hydroxyl groups excluding tert-OH is 1. The van der Waals surface area contributed by atoms with Gasteiger partial charge in [0.15, 0.2) is 5.13 Å². The van der Waals surface area contributed by atoms with Gasteiger partial charge in [0.05, 0.1) is 0 Å². The monoisotopic (exact) mass is 312 g/mol. The van der Waals surface area contributed by atoms with Crippen LogP contribution in [0.2, 0.25) is 0 Å². The molecule has 1 aromatic heterocycles. The number of aliphatic hydroxyl groups is 1. The minimum absolute atomic E-state index is 0.0735. The number of aromatic nitrogens is 1. The number of hydrogen-bond acceptors (Lipinski definition) is 6. The van der Waals surface area contributed by atoms with Crippen molar-refractivity contribution in [3.05, 3.63) is 4.88 Å². The van der Waals surface area contributed by atoms with Crippen LogP contribution in [0.1, 0.15) is 48.2 Å². The zero-order valence-corrected chi connectivity index (χ0v) is 13.3. The molecule has 6 nitrogen and oxygen atoms in total. The first kappa shape index (κ1) is 16.0. The second-order valence-electron chi connectivity index (χ2n) is 5.52. The molecule has 1 amide bonds. The lowest BCUT2D eigenvalue weighted by Gasteiger charge is -2.25. The number of hydrogen-bond donors (Lipinski definition) is 3. The van der Waals surface area contributed by atoms with Crippen LogP contribution < -0.4 is 11.1 Å². The van der Waals surface area contributed by atoms with E-state index in [9.17, 15) is 4.79 Å². The van der Waals surface area contributed by atoms with Gasteiger partial charge in [-0.2, -0.15) is 0 Å². The molecule has 7 heteroatoms. The van der Waals surface area contributed by atoms with Crippen molar-refractivity contribution in [1.29, 1.82) is 0 Å². The van der Waals surface area contributed by atoms with Crippen LogP contribution in [0.25, 0.3) is 0 Å². The highest BCUT2D eigenvalue weighted by molar-refractivity contribution is 7.18. The van der Waals surface area contributed by atoms with Crippen LogP contribution in [0, 0.1) is 0 Å². The van der Waals surface area contributed by atoms with Crippen molar-refractivity contribution in [3.8, 4) is 0 Å². The number of nitrogens with two attached hydrogens (primary N) is 1. The fourth-order valence-corrected chi connectivity index (χ4v) is 3.14. The molecule has 1 saturated carbocycles. The Bertz CT molecular complexity index is 474. The molecule has 0 unspecified atom stereocenters. The van der Waals surface area contributed by atoms with Crippen molar-refractivity contribution in [3.63, 3.8) is 0 Å². The number of amides is 1. The summed E-state index contributed by atoms with van der Waals surface area (Å²) in [5.41, 5.74) is 5.87. The van der Waals surface area contributed by atoms with E-state index in [2.05, 4.69) is 10.3 Å². The summed E-state index contributed by atoms with van der Waals surface area (Å²) in [7, 11) is 1.78. The standard InChI is InChI=1S/C14H24N4O2S/c1-18(8-3-2-4-9-19)13(20)11-12(15)17-14(21-11)16-10-6-5-7-10/h10,19H,2-9,15H2,1H3,(H,16,17). The van der Waals surface area contributed by atoms with E-state index in [4.69, 9.17) is 10.8 Å². The summed E-state index contributed by atoms with van der Waals surface area (Å²) in [5.74, 6) is 0.240. The summed E-state index contributed by atoms with van der Waals surface area (Å²) in [5, 5.41) is 12.8. The molecule has 1 fully saturated rings. The Morgan fingerprint density at radius 3 is 2.86 bits per heavy atom. The van der Waals surface area contributed by atoms with Crippen LogP contribution in [0.3, 0.4) is 0 Å². The van der Waals surface area contributed by atoms with E-state index in [1.165, 1.54) is 17.8 Å². The summed E-state index contributed by atoms with van der Waals surface area (Å²) in [4.78, 5) is 18.8. The molecule has 0 bridgehead atoms. The first-order chi connectivity index (χ1) is 10.1. The van der Waals surface area contributed by atoms with E-state index in [1.54, 1.807) is 11.9 Å². The van der Waals surface area contributed by atoms with E-state index in [-0.39, 0.29) is 12.5 Å². The third-order valence-electron chi connectivity index (χ3n) is 3.78. The zero-order valence-electron chi connectivity index (χ0n) is 12.5. The van der Waals surface area contributed by atoms with Gasteiger partial charge in [-0.05, 0) is 38.5 Å². The molecule has 4 N–H and O–H groups in total. The van der Waals surface area contributed by atoms with Gasteiger partial charge in [0.25, 0.3) is 5.91 Å². The molecule has 21 heavy (non-hydrogen) atoms. The largest absolute Gasteiger partial charge is 0.396 e. The normalized spacial score (nSPS) is 14.8. The van der Waals surface area contributed by atoms with Crippen LogP contribution in [0.4, 0.5) is 10.9 Å². The Labute approximate surface area is 129 Å². The molecule has 1 aliphatic rings. The van der Waals surface area contributed by atoms with Gasteiger partial charge in [-0.3, -0.25) is 4.79 Å². The highest BCUT2D eigenvalue weighted by atomic mass is 32.1. The molecular weight excluding hydrogens is 288 g/mol. The van der Waals surface area contributed by atoms with Crippen LogP contribution >= 0.6 is 11.3 Å². The van der Waals surface area contributed by atoms with Crippen molar-refractivity contribution < 1.29 is 9.90 Å². The topological polar surface area (TPSA) is 91.5 Å². The Hall–Kier alpha value is -1.34. The molecule has 0 aromatic carbocycles. The molecule has 0 radical (unpaired) electrons. The molecule has 118 valence electrons. The van der Waals surface area contributed by atoms with Crippen LogP contribution in [0.5, 0.6) is 0 Å². The van der Waals surface area contributed by atoms with Crippen LogP contribution in [0.15, 0.2) is 0 Å². The lowest BCUT2D eigenvalue weighted by molar-refractivity contribution is 0.0797. The van der Waals surface area contributed by atoms with Crippen molar-refractivity contribution in [2.45, 2.75) is 44.6 Å². The lowest BCUT2D eigenvalue weighted by atomic mass is 9.93. The number of carbonyl (C=O) groups is 1. The van der Waals surface area contributed by atoms with E-state index in [1.807, 2.05) is 0 Å². The maximum Gasteiger partial charge on any atom is 0.267 e. The number of carbonyl (C=O) groups excluding carboxylic acids is 1. The average molecular weight is 312 g/mol. The highest BCUT2D eigenvalue weighted by Crippen LogP contribution is 2.30. The molecule has 2 rings (SSSR count). The fourth-order valence-electron chi connectivity index (χ4n) is 2.19. The summed E-state index contributed by atoms with van der Waals surface area (Å²) < 4.78 is 0. The quantitative estimate of drug-likeness (QED) is 0.638. The van der Waals surface area contributed by atoms with E-state index < -0.39 is 0 Å². The Morgan fingerprint density at radius 2 is 2.24 bits per heavy atom. The predicted molar refractivity (Wildman–Crippen MR) is 85.7 cm³/mol. The lowest BCUT2D eigenvalue weighted by Crippen LogP contribution is -2.27. The first-order valence-electron chi connectivity index (χ1n) is 7.51. The van der Waals surface area contributed by atoms with E-state index >= 15 is 0 Å². The maximum absolute atomic E-state index is 12.4. The zero-order chi connectivity index (χ0) is 15.2. The number of nitrogens with zero attached hydrogens (tertiary/aromatic N) is 2. The molecule has 1 aromatic rings. The van der Waals surface area contributed by atoms with Gasteiger partial charge in [0.2, 0.25) is 0 Å². The summed E-state index contributed by atoms with van der Waals surface area (Å²) in [6.45, 7) is 0.872. The molecule has 1 aliphatic carbocycles. The van der Waals surface area contributed by atoms with Gasteiger partial charge < -0.3 is 21.1 Å². The van der Waals surface area contributed by atoms with Gasteiger partial charge in [-0.15, -0.1) is 0 Å². The van der Waals surface area contributed by atoms with Crippen molar-refractivity contribution >= 4 is 28.2 Å². The molecule has 0 aliphatic heterocycles. The minimum Gasteiger partial charge on any atom is -0.396 e. The van der Waals surface area contributed by atoms with Crippen molar-refractivity contribution in [1.82, 2.24) is 9.88 Å². The number of nitrogens with one attached hydrogen (secondary N) is 1. The van der Waals surface area contributed by atoms with Crippen LogP contribution in [-0.4, -0.2) is 47.1 Å². The van der Waals surface area contributed by atoms with Crippen LogP contribution in [-0.2, 0) is 0 Å². The minimum atomic E-state index is -0.0735. The van der Waals surface area contributed by atoms with Crippen molar-refractivity contribution in [2.24, 2.45) is 0 Å². The van der Waals surface area contributed by atoms with Gasteiger partial charge in [0, 0.05) is 26.2 Å². The summed E-state index contributed by atoms with van der Waals surface area (Å²) in [6.07, 6.45) is 6.15. The smallest absolute Gasteiger partial charge is 0.267 e. The maximum atomic E-state index is 12.4. The third kappa shape index (κ3) is 4.31. The summed E-state index contributed by atoms with van der Waals surface area (Å²) in [6, 6.07) is 0.481. The summed E-state index contributed by atoms with van der Waals surface area (Å²) >= 11 is 1.34. The van der Waals surface area contributed by atoms with Gasteiger partial charge in [-0.25, -0.2) is 4.98 Å². The molecule has 1 heterocycles. The number of nitrogen functional groups attached to an aromatic ring is 1. The van der Waals surface area contributed by atoms with E-state index in [0.29, 0.717) is 23.3 Å². The highest BCUT2D eigenvalue weighted by Gasteiger charge is 2.22.